The van der Waals surface area contributed by atoms with Gasteiger partial charge >= 0.3 is 0 Å². The van der Waals surface area contributed by atoms with Gasteiger partial charge < -0.3 is 15.1 Å². The Morgan fingerprint density at radius 2 is 1.79 bits per heavy atom. The van der Waals surface area contributed by atoms with Gasteiger partial charge in [0.25, 0.3) is 0 Å². The summed E-state index contributed by atoms with van der Waals surface area (Å²) in [6.45, 7) is 3.87. The van der Waals surface area contributed by atoms with Gasteiger partial charge in [-0.15, -0.1) is 24.0 Å². The average Bonchev–Trinajstić information content (AvgIpc) is 3.16. The van der Waals surface area contributed by atoms with Gasteiger partial charge in [-0.05, 0) is 30.5 Å². The zero-order chi connectivity index (χ0) is 19.2. The lowest BCUT2D eigenvalue weighted by Gasteiger charge is -2.33. The van der Waals surface area contributed by atoms with Crippen LogP contribution in [0.1, 0.15) is 24.2 Å². The Bertz CT molecular complexity index is 884. The van der Waals surface area contributed by atoms with E-state index < -0.39 is 0 Å². The summed E-state index contributed by atoms with van der Waals surface area (Å²) in [4.78, 5) is 6.90. The van der Waals surface area contributed by atoms with Gasteiger partial charge in [0, 0.05) is 38.1 Å². The molecule has 0 saturated carbocycles. The smallest absolute Gasteiger partial charge is 0.191 e. The Kier molecular flexibility index (Phi) is 7.94. The first kappa shape index (κ1) is 21.6. The van der Waals surface area contributed by atoms with Gasteiger partial charge in [0.15, 0.2) is 5.96 Å². The number of rotatable bonds is 5. The van der Waals surface area contributed by atoms with E-state index in [9.17, 15) is 0 Å². The van der Waals surface area contributed by atoms with Gasteiger partial charge in [-0.3, -0.25) is 9.89 Å². The Hall–Kier alpha value is -2.06. The molecule has 0 bridgehead atoms. The fourth-order valence-electron chi connectivity index (χ4n) is 3.76. The van der Waals surface area contributed by atoms with Crippen molar-refractivity contribution in [2.24, 2.45) is 4.99 Å². The molecule has 1 fully saturated rings. The van der Waals surface area contributed by atoms with Gasteiger partial charge in [-0.2, -0.15) is 0 Å². The van der Waals surface area contributed by atoms with E-state index in [1.54, 1.807) is 0 Å². The number of nitrogens with zero attached hydrogens (tertiary/aromatic N) is 2. The van der Waals surface area contributed by atoms with Gasteiger partial charge in [-0.25, -0.2) is 0 Å². The summed E-state index contributed by atoms with van der Waals surface area (Å²) in [6.07, 6.45) is 2.25. The molecule has 0 unspecified atom stereocenters. The molecular weight excluding hydrogens is 475 g/mol. The van der Waals surface area contributed by atoms with Crippen LogP contribution < -0.4 is 10.6 Å². The third kappa shape index (κ3) is 5.96. The lowest BCUT2D eigenvalue weighted by atomic mass is 10.0. The largest absolute Gasteiger partial charge is 0.459 e. The monoisotopic (exact) mass is 504 g/mol. The van der Waals surface area contributed by atoms with Crippen LogP contribution in [-0.2, 0) is 13.1 Å². The van der Waals surface area contributed by atoms with E-state index in [1.807, 2.05) is 25.2 Å². The molecule has 5 nitrogen and oxygen atoms in total. The highest BCUT2D eigenvalue weighted by Crippen LogP contribution is 2.18. The molecule has 0 aliphatic carbocycles. The number of halogens is 1. The first-order valence-electron chi connectivity index (χ1n) is 10.0. The third-order valence-corrected chi connectivity index (χ3v) is 5.31. The molecule has 1 aliphatic rings. The molecule has 1 aromatic heterocycles. The second-order valence-corrected chi connectivity index (χ2v) is 7.36. The van der Waals surface area contributed by atoms with E-state index in [0.717, 1.165) is 55.2 Å². The van der Waals surface area contributed by atoms with Crippen molar-refractivity contribution < 1.29 is 4.42 Å². The predicted octanol–water partition coefficient (Wildman–Crippen LogP) is 4.38. The van der Waals surface area contributed by atoms with Crippen molar-refractivity contribution in [2.45, 2.75) is 32.0 Å². The molecule has 0 amide bonds. The Morgan fingerprint density at radius 3 is 2.52 bits per heavy atom. The number of likely N-dealkylation sites (tertiary alicyclic amines) is 1. The standard InChI is InChI=1S/C23H28N4O.HI/c1-24-23(25-16-21-15-19-9-5-6-10-22(19)28-21)26-20-11-13-27(14-12-20)17-18-7-3-2-4-8-18;/h2-10,15,20H,11-14,16-17H2,1H3,(H2,24,25,26);1H. The SMILES string of the molecule is CN=C(NCc1cc2ccccc2o1)NC1CCN(Cc2ccccc2)CC1.I. The summed E-state index contributed by atoms with van der Waals surface area (Å²) in [5, 5.41) is 8.07. The minimum atomic E-state index is 0. The molecule has 1 saturated heterocycles. The lowest BCUT2D eigenvalue weighted by Crippen LogP contribution is -2.48. The molecule has 0 atom stereocenters. The van der Waals surface area contributed by atoms with Crippen LogP contribution in [0.3, 0.4) is 0 Å². The van der Waals surface area contributed by atoms with E-state index in [1.165, 1.54) is 5.56 Å². The predicted molar refractivity (Wildman–Crippen MR) is 130 cm³/mol. The van der Waals surface area contributed by atoms with Crippen molar-refractivity contribution in [1.29, 1.82) is 0 Å². The summed E-state index contributed by atoms with van der Waals surface area (Å²) in [5.74, 6) is 1.75. The average molecular weight is 504 g/mol. The summed E-state index contributed by atoms with van der Waals surface area (Å²) < 4.78 is 5.87. The molecule has 2 heterocycles. The second-order valence-electron chi connectivity index (χ2n) is 7.36. The Balaban J connectivity index is 0.00000240. The number of piperidine rings is 1. The normalized spacial score (nSPS) is 15.8. The van der Waals surface area contributed by atoms with Gasteiger partial charge in [0.2, 0.25) is 0 Å². The number of aliphatic imine (C=N–C) groups is 1. The van der Waals surface area contributed by atoms with Crippen LogP contribution in [0.5, 0.6) is 0 Å². The maximum atomic E-state index is 5.87. The summed E-state index contributed by atoms with van der Waals surface area (Å²) in [7, 11) is 1.82. The molecule has 4 rings (SSSR count). The Labute approximate surface area is 189 Å². The number of hydrogen-bond donors (Lipinski definition) is 2. The van der Waals surface area contributed by atoms with E-state index in [-0.39, 0.29) is 24.0 Å². The minimum absolute atomic E-state index is 0. The van der Waals surface area contributed by atoms with Crippen molar-refractivity contribution in [2.75, 3.05) is 20.1 Å². The number of benzene rings is 2. The van der Waals surface area contributed by atoms with Crippen molar-refractivity contribution in [3.63, 3.8) is 0 Å². The second kappa shape index (κ2) is 10.6. The molecule has 3 aromatic rings. The topological polar surface area (TPSA) is 52.8 Å². The quantitative estimate of drug-likeness (QED) is 0.308. The zero-order valence-electron chi connectivity index (χ0n) is 16.8. The fraction of sp³-hybridized carbons (Fsp3) is 0.348. The first-order valence-corrected chi connectivity index (χ1v) is 10.0. The summed E-state index contributed by atoms with van der Waals surface area (Å²) >= 11 is 0. The number of fused-ring (bicyclic) bond motifs is 1. The van der Waals surface area contributed by atoms with Crippen LogP contribution in [0.4, 0.5) is 0 Å². The van der Waals surface area contributed by atoms with Gasteiger partial charge in [-0.1, -0.05) is 48.5 Å². The molecule has 0 spiro atoms. The third-order valence-electron chi connectivity index (χ3n) is 5.31. The number of guanidine groups is 1. The molecule has 2 N–H and O–H groups in total. The van der Waals surface area contributed by atoms with Crippen molar-refractivity contribution in [3.05, 3.63) is 72.0 Å². The fourth-order valence-corrected chi connectivity index (χ4v) is 3.76. The van der Waals surface area contributed by atoms with Gasteiger partial charge in [0.1, 0.15) is 11.3 Å². The van der Waals surface area contributed by atoms with Crippen molar-refractivity contribution in [1.82, 2.24) is 15.5 Å². The molecule has 2 aromatic carbocycles. The number of furan rings is 1. The maximum Gasteiger partial charge on any atom is 0.191 e. The number of nitrogens with one attached hydrogen (secondary N) is 2. The van der Waals surface area contributed by atoms with E-state index in [4.69, 9.17) is 4.42 Å². The van der Waals surface area contributed by atoms with E-state index >= 15 is 0 Å². The highest BCUT2D eigenvalue weighted by atomic mass is 127. The van der Waals surface area contributed by atoms with E-state index in [2.05, 4.69) is 63.0 Å². The van der Waals surface area contributed by atoms with Crippen molar-refractivity contribution >= 4 is 40.9 Å². The number of para-hydroxylation sites is 1. The molecule has 29 heavy (non-hydrogen) atoms. The molecule has 0 radical (unpaired) electrons. The van der Waals surface area contributed by atoms with Crippen LogP contribution in [0.15, 0.2) is 70.1 Å². The summed E-state index contributed by atoms with van der Waals surface area (Å²) in [6, 6.07) is 21.3. The van der Waals surface area contributed by atoms with Crippen molar-refractivity contribution in [3.8, 4) is 0 Å². The molecule has 6 heteroatoms. The number of hydrogen-bond acceptors (Lipinski definition) is 3. The maximum absolute atomic E-state index is 5.87. The van der Waals surface area contributed by atoms with E-state index in [0.29, 0.717) is 12.6 Å². The van der Waals surface area contributed by atoms with Crippen LogP contribution in [0.25, 0.3) is 11.0 Å². The lowest BCUT2D eigenvalue weighted by molar-refractivity contribution is 0.198. The molecular formula is C23H29IN4O. The van der Waals surface area contributed by atoms with Crippen LogP contribution in [0, 0.1) is 0 Å². The zero-order valence-corrected chi connectivity index (χ0v) is 19.1. The van der Waals surface area contributed by atoms with Crippen LogP contribution in [-0.4, -0.2) is 37.0 Å². The first-order chi connectivity index (χ1) is 13.8. The van der Waals surface area contributed by atoms with Crippen LogP contribution in [0.2, 0.25) is 0 Å². The molecule has 1 aliphatic heterocycles. The highest BCUT2D eigenvalue weighted by Gasteiger charge is 2.20. The summed E-state index contributed by atoms with van der Waals surface area (Å²) in [5.41, 5.74) is 2.31. The van der Waals surface area contributed by atoms with Gasteiger partial charge in [0.05, 0.1) is 6.54 Å². The minimum Gasteiger partial charge on any atom is -0.459 e. The highest BCUT2D eigenvalue weighted by molar-refractivity contribution is 14.0. The van der Waals surface area contributed by atoms with Crippen LogP contribution >= 0.6 is 24.0 Å². The Morgan fingerprint density at radius 1 is 1.07 bits per heavy atom. The molecule has 154 valence electrons.